The quantitative estimate of drug-likeness (QED) is 0.183. The standard InChI is InChI=1S/C52H38N2O/c1-51(2)42-19-10-8-17-37(42)40-29-45-41(30-44(40)51)38-26-25-36(28-43(38)52(45,3)4)35-16-12-15-34(27-35)31-21-23-32(24-22-31)47-49-48(39-18-9-11-20-46(39)55-49)54-50(53-47)33-13-6-5-7-14-33/h5-30H,1-4H3. The predicted octanol–water partition coefficient (Wildman–Crippen LogP) is 13.7. The molecule has 262 valence electrons. The van der Waals surface area contributed by atoms with Crippen molar-refractivity contribution in [3.05, 3.63) is 180 Å². The van der Waals surface area contributed by atoms with E-state index in [0.717, 1.165) is 38.9 Å². The van der Waals surface area contributed by atoms with Gasteiger partial charge in [0.15, 0.2) is 11.4 Å². The van der Waals surface area contributed by atoms with E-state index in [1.165, 1.54) is 61.2 Å². The second-order valence-electron chi connectivity index (χ2n) is 16.2. The number of benzene rings is 7. The van der Waals surface area contributed by atoms with Crippen molar-refractivity contribution in [2.45, 2.75) is 38.5 Å². The molecule has 0 saturated heterocycles. The number of fused-ring (bicyclic) bond motifs is 9. The van der Waals surface area contributed by atoms with Gasteiger partial charge < -0.3 is 4.42 Å². The molecule has 0 saturated carbocycles. The number of hydrogen-bond acceptors (Lipinski definition) is 3. The molecule has 7 aromatic carbocycles. The van der Waals surface area contributed by atoms with Crippen LogP contribution in [-0.2, 0) is 10.8 Å². The number of furan rings is 1. The third kappa shape index (κ3) is 4.69. The van der Waals surface area contributed by atoms with E-state index in [2.05, 4.69) is 149 Å². The molecule has 0 unspecified atom stereocenters. The molecule has 2 aliphatic carbocycles. The van der Waals surface area contributed by atoms with E-state index in [-0.39, 0.29) is 10.8 Å². The molecule has 2 heterocycles. The highest BCUT2D eigenvalue weighted by atomic mass is 16.3. The average Bonchev–Trinajstić information content (AvgIpc) is 3.79. The summed E-state index contributed by atoms with van der Waals surface area (Å²) in [6.45, 7) is 9.51. The number of para-hydroxylation sites is 1. The molecule has 0 radical (unpaired) electrons. The predicted molar refractivity (Wildman–Crippen MR) is 226 cm³/mol. The van der Waals surface area contributed by atoms with Gasteiger partial charge in [0.25, 0.3) is 0 Å². The lowest BCUT2D eigenvalue weighted by Gasteiger charge is -2.24. The van der Waals surface area contributed by atoms with Crippen molar-refractivity contribution in [2.24, 2.45) is 0 Å². The second kappa shape index (κ2) is 11.5. The molecule has 3 nitrogen and oxygen atoms in total. The summed E-state index contributed by atoms with van der Waals surface area (Å²) in [5.41, 5.74) is 20.9. The Morgan fingerprint density at radius 2 is 0.964 bits per heavy atom. The van der Waals surface area contributed by atoms with Crippen molar-refractivity contribution in [3.8, 4) is 67.2 Å². The summed E-state index contributed by atoms with van der Waals surface area (Å²) in [6.07, 6.45) is 0. The van der Waals surface area contributed by atoms with Crippen LogP contribution in [0.5, 0.6) is 0 Å². The normalized spacial score (nSPS) is 14.5. The lowest BCUT2D eigenvalue weighted by molar-refractivity contribution is 0.652. The Morgan fingerprint density at radius 3 is 1.75 bits per heavy atom. The minimum absolute atomic E-state index is 0.0218. The fourth-order valence-electron chi connectivity index (χ4n) is 9.31. The van der Waals surface area contributed by atoms with Crippen LogP contribution in [0, 0.1) is 0 Å². The van der Waals surface area contributed by atoms with Crippen LogP contribution in [0.4, 0.5) is 0 Å². The Labute approximate surface area is 321 Å². The zero-order valence-electron chi connectivity index (χ0n) is 31.3. The van der Waals surface area contributed by atoms with Gasteiger partial charge in [-0.3, -0.25) is 0 Å². The molecule has 3 heteroatoms. The summed E-state index contributed by atoms with van der Waals surface area (Å²) in [7, 11) is 0. The molecule has 0 amide bonds. The van der Waals surface area contributed by atoms with Crippen LogP contribution in [0.25, 0.3) is 89.2 Å². The fraction of sp³-hybridized carbons (Fsp3) is 0.115. The minimum atomic E-state index is -0.114. The van der Waals surface area contributed by atoms with Crippen LogP contribution >= 0.6 is 0 Å². The van der Waals surface area contributed by atoms with E-state index in [1.54, 1.807) is 0 Å². The van der Waals surface area contributed by atoms with Gasteiger partial charge in [0.05, 0.1) is 0 Å². The Hall–Kier alpha value is -6.58. The smallest absolute Gasteiger partial charge is 0.180 e. The van der Waals surface area contributed by atoms with Crippen molar-refractivity contribution >= 4 is 22.1 Å². The Bertz CT molecular complexity index is 3020. The lowest BCUT2D eigenvalue weighted by atomic mass is 9.79. The van der Waals surface area contributed by atoms with Crippen molar-refractivity contribution in [1.29, 1.82) is 0 Å². The van der Waals surface area contributed by atoms with E-state index in [9.17, 15) is 0 Å². The van der Waals surface area contributed by atoms with Crippen molar-refractivity contribution in [2.75, 3.05) is 0 Å². The van der Waals surface area contributed by atoms with Gasteiger partial charge in [-0.25, -0.2) is 9.97 Å². The molecule has 0 atom stereocenters. The van der Waals surface area contributed by atoms with E-state index >= 15 is 0 Å². The number of rotatable bonds is 4. The highest BCUT2D eigenvalue weighted by molar-refractivity contribution is 6.07. The Balaban J connectivity index is 0.951. The van der Waals surface area contributed by atoms with Crippen molar-refractivity contribution in [1.82, 2.24) is 9.97 Å². The molecule has 0 fully saturated rings. The molecule has 0 bridgehead atoms. The zero-order valence-corrected chi connectivity index (χ0v) is 31.3. The molecule has 0 spiro atoms. The van der Waals surface area contributed by atoms with Gasteiger partial charge in [-0.1, -0.05) is 149 Å². The van der Waals surface area contributed by atoms with Crippen molar-refractivity contribution in [3.63, 3.8) is 0 Å². The number of hydrogen-bond donors (Lipinski definition) is 0. The van der Waals surface area contributed by atoms with Gasteiger partial charge in [0.2, 0.25) is 0 Å². The molecule has 9 aromatic rings. The summed E-state index contributed by atoms with van der Waals surface area (Å²) in [4.78, 5) is 10.1. The maximum absolute atomic E-state index is 6.39. The minimum Gasteiger partial charge on any atom is -0.452 e. The molecular weight excluding hydrogens is 669 g/mol. The van der Waals surface area contributed by atoms with Gasteiger partial charge in [0.1, 0.15) is 16.8 Å². The van der Waals surface area contributed by atoms with Gasteiger partial charge in [-0.05, 0) is 103 Å². The van der Waals surface area contributed by atoms with Crippen LogP contribution in [0.3, 0.4) is 0 Å². The van der Waals surface area contributed by atoms with Gasteiger partial charge >= 0.3 is 0 Å². The van der Waals surface area contributed by atoms with Gasteiger partial charge in [-0.2, -0.15) is 0 Å². The molecule has 0 aliphatic heterocycles. The fourth-order valence-corrected chi connectivity index (χ4v) is 9.31. The van der Waals surface area contributed by atoms with Gasteiger partial charge in [0, 0.05) is 27.3 Å². The monoisotopic (exact) mass is 706 g/mol. The first-order valence-electron chi connectivity index (χ1n) is 19.2. The van der Waals surface area contributed by atoms with Crippen LogP contribution in [0.1, 0.15) is 49.9 Å². The first-order valence-corrected chi connectivity index (χ1v) is 19.2. The van der Waals surface area contributed by atoms with E-state index in [1.807, 2.05) is 36.4 Å². The molecular formula is C52H38N2O. The molecule has 0 N–H and O–H groups in total. The average molecular weight is 707 g/mol. The molecule has 2 aromatic heterocycles. The highest BCUT2D eigenvalue weighted by Crippen LogP contribution is 2.56. The molecule has 2 aliphatic rings. The molecule has 55 heavy (non-hydrogen) atoms. The third-order valence-corrected chi connectivity index (χ3v) is 12.3. The van der Waals surface area contributed by atoms with E-state index < -0.39 is 0 Å². The van der Waals surface area contributed by atoms with Crippen LogP contribution < -0.4 is 0 Å². The second-order valence-corrected chi connectivity index (χ2v) is 16.2. The number of aromatic nitrogens is 2. The Kier molecular flexibility index (Phi) is 6.65. The summed E-state index contributed by atoms with van der Waals surface area (Å²) in [5, 5.41) is 0.990. The van der Waals surface area contributed by atoms with Crippen molar-refractivity contribution < 1.29 is 4.42 Å². The van der Waals surface area contributed by atoms with E-state index in [0.29, 0.717) is 11.4 Å². The maximum atomic E-state index is 6.39. The Morgan fingerprint density at radius 1 is 0.400 bits per heavy atom. The summed E-state index contributed by atoms with van der Waals surface area (Å²) >= 11 is 0. The van der Waals surface area contributed by atoms with Crippen LogP contribution in [0.2, 0.25) is 0 Å². The van der Waals surface area contributed by atoms with Gasteiger partial charge in [-0.15, -0.1) is 0 Å². The SMILES string of the molecule is CC1(C)c2ccccc2-c2cc3c(cc21)-c1ccc(-c2cccc(-c4ccc(-c5nc(-c6ccccc6)nc6c5oc5ccccc56)cc4)c2)cc1C3(C)C. The topological polar surface area (TPSA) is 38.9 Å². The van der Waals surface area contributed by atoms with Crippen LogP contribution in [-0.4, -0.2) is 9.97 Å². The molecule has 11 rings (SSSR count). The summed E-state index contributed by atoms with van der Waals surface area (Å²) in [5.74, 6) is 0.685. The first-order chi connectivity index (χ1) is 26.8. The van der Waals surface area contributed by atoms with E-state index in [4.69, 9.17) is 14.4 Å². The first kappa shape index (κ1) is 31.9. The lowest BCUT2D eigenvalue weighted by Crippen LogP contribution is -2.17. The largest absolute Gasteiger partial charge is 0.452 e. The third-order valence-electron chi connectivity index (χ3n) is 12.3. The maximum Gasteiger partial charge on any atom is 0.180 e. The summed E-state index contributed by atoms with van der Waals surface area (Å²) < 4.78 is 6.39. The summed E-state index contributed by atoms with van der Waals surface area (Å²) in [6, 6.07) is 56.8. The zero-order chi connectivity index (χ0) is 37.1. The highest BCUT2D eigenvalue weighted by Gasteiger charge is 2.41. The van der Waals surface area contributed by atoms with Crippen LogP contribution in [0.15, 0.2) is 162 Å². The number of nitrogens with zero attached hydrogens (tertiary/aromatic N) is 2.